The second-order valence-corrected chi connectivity index (χ2v) is 5.43. The summed E-state index contributed by atoms with van der Waals surface area (Å²) in [5.41, 5.74) is 6.34. The van der Waals surface area contributed by atoms with Crippen LogP contribution in [0.1, 0.15) is 27.6 Å². The number of thiophene rings is 1. The Morgan fingerprint density at radius 2 is 2.00 bits per heavy atom. The van der Waals surface area contributed by atoms with Gasteiger partial charge in [0.1, 0.15) is 0 Å². The number of hydrazine groups is 1. The number of halogens is 1. The van der Waals surface area contributed by atoms with Crippen molar-refractivity contribution in [1.29, 1.82) is 0 Å². The molecule has 1 heterocycles. The van der Waals surface area contributed by atoms with E-state index >= 15 is 0 Å². The van der Waals surface area contributed by atoms with Gasteiger partial charge in [-0.05, 0) is 48.1 Å². The van der Waals surface area contributed by atoms with E-state index in [1.165, 1.54) is 10.4 Å². The first-order valence-corrected chi connectivity index (χ1v) is 6.65. The molecular formula is C13H15ClN2S. The van der Waals surface area contributed by atoms with Crippen molar-refractivity contribution in [3.05, 3.63) is 56.2 Å². The van der Waals surface area contributed by atoms with Gasteiger partial charge in [-0.3, -0.25) is 5.84 Å². The van der Waals surface area contributed by atoms with Gasteiger partial charge in [-0.15, -0.1) is 11.3 Å². The smallest absolute Gasteiger partial charge is 0.0805 e. The first-order valence-electron chi connectivity index (χ1n) is 5.39. The molecule has 0 aliphatic rings. The SMILES string of the molecule is Cc1cc(C(NN)c2sccc2C)ccc1Cl. The molecule has 1 aromatic carbocycles. The minimum atomic E-state index is 0.0333. The van der Waals surface area contributed by atoms with Crippen molar-refractivity contribution in [2.75, 3.05) is 0 Å². The van der Waals surface area contributed by atoms with Crippen molar-refractivity contribution in [3.8, 4) is 0 Å². The van der Waals surface area contributed by atoms with Crippen LogP contribution in [0, 0.1) is 13.8 Å². The number of nitrogens with one attached hydrogen (secondary N) is 1. The van der Waals surface area contributed by atoms with Crippen molar-refractivity contribution in [1.82, 2.24) is 5.43 Å². The Bertz CT molecular complexity index is 522. The minimum Gasteiger partial charge on any atom is -0.271 e. The van der Waals surface area contributed by atoms with Crippen molar-refractivity contribution < 1.29 is 0 Å². The van der Waals surface area contributed by atoms with Gasteiger partial charge >= 0.3 is 0 Å². The van der Waals surface area contributed by atoms with Crippen LogP contribution in [0.3, 0.4) is 0 Å². The van der Waals surface area contributed by atoms with Gasteiger partial charge in [0.05, 0.1) is 6.04 Å². The molecule has 3 N–H and O–H groups in total. The Morgan fingerprint density at radius 3 is 2.53 bits per heavy atom. The summed E-state index contributed by atoms with van der Waals surface area (Å²) in [5, 5.41) is 2.87. The van der Waals surface area contributed by atoms with Crippen LogP contribution < -0.4 is 11.3 Å². The average Bonchev–Trinajstić information content (AvgIpc) is 2.71. The number of nitrogens with two attached hydrogens (primary N) is 1. The lowest BCUT2D eigenvalue weighted by atomic mass is 10.0. The summed E-state index contributed by atoms with van der Waals surface area (Å²) in [5.74, 6) is 5.68. The molecule has 1 aromatic heterocycles. The van der Waals surface area contributed by atoms with E-state index in [0.717, 1.165) is 16.1 Å². The zero-order chi connectivity index (χ0) is 12.4. The monoisotopic (exact) mass is 266 g/mol. The fourth-order valence-electron chi connectivity index (χ4n) is 1.85. The van der Waals surface area contributed by atoms with E-state index in [-0.39, 0.29) is 6.04 Å². The van der Waals surface area contributed by atoms with Gasteiger partial charge in [0, 0.05) is 9.90 Å². The highest BCUT2D eigenvalue weighted by molar-refractivity contribution is 7.10. The van der Waals surface area contributed by atoms with E-state index in [0.29, 0.717) is 0 Å². The van der Waals surface area contributed by atoms with Crippen molar-refractivity contribution in [3.63, 3.8) is 0 Å². The lowest BCUT2D eigenvalue weighted by Crippen LogP contribution is -2.28. The molecule has 4 heteroatoms. The third-order valence-corrected chi connectivity index (χ3v) is 4.35. The van der Waals surface area contributed by atoms with Crippen molar-refractivity contribution >= 4 is 22.9 Å². The second kappa shape index (κ2) is 5.19. The van der Waals surface area contributed by atoms with E-state index in [4.69, 9.17) is 17.4 Å². The van der Waals surface area contributed by atoms with Crippen LogP contribution in [0.4, 0.5) is 0 Å². The predicted octanol–water partition coefficient (Wildman–Crippen LogP) is 3.57. The maximum atomic E-state index is 6.04. The third kappa shape index (κ3) is 2.53. The normalized spacial score (nSPS) is 12.7. The molecule has 17 heavy (non-hydrogen) atoms. The summed E-state index contributed by atoms with van der Waals surface area (Å²) < 4.78 is 0. The highest BCUT2D eigenvalue weighted by atomic mass is 35.5. The van der Waals surface area contributed by atoms with E-state index < -0.39 is 0 Å². The Balaban J connectivity index is 2.42. The van der Waals surface area contributed by atoms with E-state index in [1.807, 2.05) is 19.1 Å². The molecule has 0 aliphatic heterocycles. The zero-order valence-electron chi connectivity index (χ0n) is 9.83. The summed E-state index contributed by atoms with van der Waals surface area (Å²) in [6.07, 6.45) is 0. The van der Waals surface area contributed by atoms with Crippen LogP contribution in [-0.2, 0) is 0 Å². The van der Waals surface area contributed by atoms with Gasteiger partial charge in [0.2, 0.25) is 0 Å². The molecule has 0 spiro atoms. The van der Waals surface area contributed by atoms with Gasteiger partial charge in [0.25, 0.3) is 0 Å². The quantitative estimate of drug-likeness (QED) is 0.658. The highest BCUT2D eigenvalue weighted by Crippen LogP contribution is 2.30. The average molecular weight is 267 g/mol. The topological polar surface area (TPSA) is 38.0 Å². The van der Waals surface area contributed by atoms with E-state index in [9.17, 15) is 0 Å². The third-order valence-electron chi connectivity index (χ3n) is 2.85. The minimum absolute atomic E-state index is 0.0333. The van der Waals surface area contributed by atoms with Crippen LogP contribution in [-0.4, -0.2) is 0 Å². The number of aryl methyl sites for hydroxylation is 2. The first kappa shape index (κ1) is 12.6. The molecule has 0 saturated carbocycles. The largest absolute Gasteiger partial charge is 0.271 e. The standard InChI is InChI=1S/C13H15ClN2S/c1-8-5-6-17-13(8)12(16-15)10-3-4-11(14)9(2)7-10/h3-7,12,16H,15H2,1-2H3. The van der Waals surface area contributed by atoms with Crippen LogP contribution in [0.25, 0.3) is 0 Å². The van der Waals surface area contributed by atoms with Gasteiger partial charge in [0.15, 0.2) is 0 Å². The van der Waals surface area contributed by atoms with Crippen LogP contribution in [0.15, 0.2) is 29.6 Å². The molecule has 0 fully saturated rings. The molecule has 0 saturated heterocycles. The van der Waals surface area contributed by atoms with Crippen LogP contribution in [0.2, 0.25) is 5.02 Å². The molecule has 0 aliphatic carbocycles. The van der Waals surface area contributed by atoms with Crippen LogP contribution in [0.5, 0.6) is 0 Å². The Morgan fingerprint density at radius 1 is 1.24 bits per heavy atom. The highest BCUT2D eigenvalue weighted by Gasteiger charge is 2.16. The van der Waals surface area contributed by atoms with Crippen molar-refractivity contribution in [2.24, 2.45) is 5.84 Å². The molecule has 90 valence electrons. The molecule has 0 bridgehead atoms. The molecule has 2 rings (SSSR count). The van der Waals surface area contributed by atoms with E-state index in [2.05, 4.69) is 29.9 Å². The summed E-state index contributed by atoms with van der Waals surface area (Å²) in [7, 11) is 0. The van der Waals surface area contributed by atoms with Gasteiger partial charge < -0.3 is 0 Å². The number of rotatable bonds is 3. The predicted molar refractivity (Wildman–Crippen MR) is 74.4 cm³/mol. The maximum Gasteiger partial charge on any atom is 0.0805 e. The number of benzene rings is 1. The fourth-order valence-corrected chi connectivity index (χ4v) is 2.98. The number of hydrogen-bond donors (Lipinski definition) is 2. The molecule has 1 atom stereocenters. The van der Waals surface area contributed by atoms with E-state index in [1.54, 1.807) is 11.3 Å². The summed E-state index contributed by atoms with van der Waals surface area (Å²) >= 11 is 7.75. The fraction of sp³-hybridized carbons (Fsp3) is 0.231. The van der Waals surface area contributed by atoms with Crippen LogP contribution >= 0.6 is 22.9 Å². The van der Waals surface area contributed by atoms with Gasteiger partial charge in [-0.1, -0.05) is 23.7 Å². The summed E-state index contributed by atoms with van der Waals surface area (Å²) in [4.78, 5) is 1.24. The zero-order valence-corrected chi connectivity index (χ0v) is 11.4. The first-order chi connectivity index (χ1) is 8.13. The van der Waals surface area contributed by atoms with Gasteiger partial charge in [-0.25, -0.2) is 5.43 Å². The maximum absolute atomic E-state index is 6.04. The number of hydrogen-bond acceptors (Lipinski definition) is 3. The summed E-state index contributed by atoms with van der Waals surface area (Å²) in [6, 6.07) is 8.14. The Hall–Kier alpha value is -0.870. The molecule has 0 radical (unpaired) electrons. The van der Waals surface area contributed by atoms with Gasteiger partial charge in [-0.2, -0.15) is 0 Å². The Kier molecular flexibility index (Phi) is 3.84. The van der Waals surface area contributed by atoms with Crippen molar-refractivity contribution in [2.45, 2.75) is 19.9 Å². The lowest BCUT2D eigenvalue weighted by molar-refractivity contribution is 0.643. The molecule has 0 amide bonds. The lowest BCUT2D eigenvalue weighted by Gasteiger charge is -2.17. The summed E-state index contributed by atoms with van der Waals surface area (Å²) in [6.45, 7) is 4.10. The Labute approximate surface area is 110 Å². The molecule has 2 nitrogen and oxygen atoms in total. The molecular weight excluding hydrogens is 252 g/mol. The molecule has 1 unspecified atom stereocenters. The molecule has 2 aromatic rings. The second-order valence-electron chi connectivity index (χ2n) is 4.08.